The van der Waals surface area contributed by atoms with Gasteiger partial charge in [-0.2, -0.15) is 0 Å². The zero-order chi connectivity index (χ0) is 23.8. The zero-order valence-electron chi connectivity index (χ0n) is 19.0. The first kappa shape index (κ1) is 22.6. The summed E-state index contributed by atoms with van der Waals surface area (Å²) in [5.74, 6) is 0.913. The lowest BCUT2D eigenvalue weighted by Gasteiger charge is -2.26. The van der Waals surface area contributed by atoms with Gasteiger partial charge in [-0.1, -0.05) is 0 Å². The Morgan fingerprint density at radius 2 is 2.21 bits per heavy atom. The number of benzene rings is 1. The average molecular weight is 486 g/mol. The maximum Gasteiger partial charge on any atom is 0.255 e. The van der Waals surface area contributed by atoms with Gasteiger partial charge in [0, 0.05) is 24.1 Å². The number of carbonyl (C=O) groups excluding carboxylic acids is 1. The highest BCUT2D eigenvalue weighted by molar-refractivity contribution is 7.19. The highest BCUT2D eigenvalue weighted by Crippen LogP contribution is 2.42. The first-order chi connectivity index (χ1) is 16.4. The highest BCUT2D eigenvalue weighted by atomic mass is 32.1. The zero-order valence-corrected chi connectivity index (χ0v) is 19.8. The van der Waals surface area contributed by atoms with Crippen LogP contribution in [-0.4, -0.2) is 53.6 Å². The molecule has 34 heavy (non-hydrogen) atoms. The summed E-state index contributed by atoms with van der Waals surface area (Å²) < 4.78 is 31.3. The van der Waals surface area contributed by atoms with Gasteiger partial charge in [-0.3, -0.25) is 9.79 Å². The summed E-state index contributed by atoms with van der Waals surface area (Å²) in [6, 6.07) is 4.04. The molecule has 0 saturated carbocycles. The molecule has 7 nitrogen and oxygen atoms in total. The summed E-state index contributed by atoms with van der Waals surface area (Å²) in [4.78, 5) is 29.1. The monoisotopic (exact) mass is 485 g/mol. The Kier molecular flexibility index (Phi) is 6.16. The van der Waals surface area contributed by atoms with E-state index in [-0.39, 0.29) is 11.8 Å². The molecule has 1 aliphatic carbocycles. The molecule has 1 aromatic carbocycles. The summed E-state index contributed by atoms with van der Waals surface area (Å²) in [6.07, 6.45) is 2.67. The number of anilines is 2. The van der Waals surface area contributed by atoms with Gasteiger partial charge in [0.05, 0.1) is 30.8 Å². The molecular formula is C24H25F2N5O2S. The van der Waals surface area contributed by atoms with Crippen LogP contribution in [0.4, 0.5) is 20.3 Å². The minimum Gasteiger partial charge on any atom is -0.492 e. The van der Waals surface area contributed by atoms with E-state index in [0.29, 0.717) is 38.2 Å². The van der Waals surface area contributed by atoms with Crippen LogP contribution < -0.4 is 10.1 Å². The third-order valence-corrected chi connectivity index (χ3v) is 7.43. The fraction of sp³-hybridized carbons (Fsp3) is 0.417. The SMILES string of the molecule is CCOc1cc2c(cc1Nc1ncnc3sc4c(c13)CCC(C(=O)N(C)CC(F)F)C4)C=NC2. The Hall–Kier alpha value is -3.14. The van der Waals surface area contributed by atoms with Crippen LogP contribution in [0.5, 0.6) is 5.75 Å². The predicted molar refractivity (Wildman–Crippen MR) is 129 cm³/mol. The summed E-state index contributed by atoms with van der Waals surface area (Å²) in [5, 5.41) is 4.40. The van der Waals surface area contributed by atoms with E-state index in [1.54, 1.807) is 11.3 Å². The molecule has 2 aliphatic rings. The van der Waals surface area contributed by atoms with Gasteiger partial charge >= 0.3 is 0 Å². The minimum atomic E-state index is -2.53. The van der Waals surface area contributed by atoms with Crippen molar-refractivity contribution in [3.63, 3.8) is 0 Å². The van der Waals surface area contributed by atoms with E-state index in [9.17, 15) is 13.6 Å². The molecule has 0 fully saturated rings. The van der Waals surface area contributed by atoms with Crippen LogP contribution >= 0.6 is 11.3 Å². The number of amides is 1. The lowest BCUT2D eigenvalue weighted by atomic mass is 9.87. The highest BCUT2D eigenvalue weighted by Gasteiger charge is 2.31. The number of rotatable bonds is 7. The van der Waals surface area contributed by atoms with Crippen molar-refractivity contribution in [3.05, 3.63) is 40.0 Å². The Labute approximate surface area is 199 Å². The van der Waals surface area contributed by atoms with E-state index >= 15 is 0 Å². The van der Waals surface area contributed by atoms with E-state index < -0.39 is 13.0 Å². The molecule has 1 amide bonds. The van der Waals surface area contributed by atoms with Gasteiger partial charge < -0.3 is 15.0 Å². The van der Waals surface area contributed by atoms with Crippen molar-refractivity contribution in [2.75, 3.05) is 25.5 Å². The van der Waals surface area contributed by atoms with Gasteiger partial charge in [0.25, 0.3) is 6.43 Å². The molecule has 5 rings (SSSR count). The van der Waals surface area contributed by atoms with Crippen LogP contribution in [0, 0.1) is 5.92 Å². The standard InChI is InChI=1S/C24H25F2N5O2S/c1-3-33-18-7-15-10-27-9-14(15)6-17(18)30-22-21-16-5-4-13(24(32)31(2)11-20(25)26)8-19(16)34-23(21)29-12-28-22/h6-7,9,12-13,20H,3-5,8,10-11H2,1-2H3,(H,28,29,30). The predicted octanol–water partition coefficient (Wildman–Crippen LogP) is 4.59. The largest absolute Gasteiger partial charge is 0.492 e. The number of carbonyl (C=O) groups is 1. The molecule has 10 heteroatoms. The van der Waals surface area contributed by atoms with Crippen LogP contribution in [0.3, 0.4) is 0 Å². The first-order valence-corrected chi connectivity index (χ1v) is 12.1. The third-order valence-electron chi connectivity index (χ3n) is 6.27. The minimum absolute atomic E-state index is 0.228. The fourth-order valence-corrected chi connectivity index (χ4v) is 5.93. The van der Waals surface area contributed by atoms with Crippen molar-refractivity contribution in [2.45, 2.75) is 39.2 Å². The topological polar surface area (TPSA) is 79.7 Å². The van der Waals surface area contributed by atoms with E-state index in [1.165, 1.54) is 13.4 Å². The fourth-order valence-electron chi connectivity index (χ4n) is 4.66. The lowest BCUT2D eigenvalue weighted by Crippen LogP contribution is -2.38. The van der Waals surface area contributed by atoms with Gasteiger partial charge in [-0.25, -0.2) is 18.7 Å². The summed E-state index contributed by atoms with van der Waals surface area (Å²) in [7, 11) is 1.44. The molecule has 3 aromatic rings. The molecule has 1 atom stereocenters. The molecule has 0 spiro atoms. The van der Waals surface area contributed by atoms with Gasteiger partial charge in [0.15, 0.2) is 0 Å². The number of thiophene rings is 1. The van der Waals surface area contributed by atoms with Gasteiger partial charge in [-0.05, 0) is 55.0 Å². The quantitative estimate of drug-likeness (QED) is 0.529. The van der Waals surface area contributed by atoms with E-state index in [4.69, 9.17) is 4.74 Å². The molecule has 2 aromatic heterocycles. The Balaban J connectivity index is 1.46. The Morgan fingerprint density at radius 1 is 1.35 bits per heavy atom. The number of nitrogens with zero attached hydrogens (tertiary/aromatic N) is 4. The number of halogens is 2. The molecule has 0 radical (unpaired) electrons. The molecule has 178 valence electrons. The third kappa shape index (κ3) is 4.22. The Bertz CT molecular complexity index is 1280. The maximum atomic E-state index is 12.7. The van der Waals surface area contributed by atoms with Crippen molar-refractivity contribution in [3.8, 4) is 5.75 Å². The van der Waals surface area contributed by atoms with Crippen LogP contribution in [0.2, 0.25) is 0 Å². The molecular weight excluding hydrogens is 460 g/mol. The van der Waals surface area contributed by atoms with Gasteiger partial charge in [-0.15, -0.1) is 11.3 Å². The van der Waals surface area contributed by atoms with Crippen LogP contribution in [0.25, 0.3) is 10.2 Å². The summed E-state index contributed by atoms with van der Waals surface area (Å²) >= 11 is 1.54. The van der Waals surface area contributed by atoms with Gasteiger partial charge in [0.1, 0.15) is 22.7 Å². The lowest BCUT2D eigenvalue weighted by molar-refractivity contribution is -0.136. The molecule has 1 aliphatic heterocycles. The van der Waals surface area contributed by atoms with E-state index in [1.807, 2.05) is 25.3 Å². The molecule has 1 N–H and O–H groups in total. The van der Waals surface area contributed by atoms with Gasteiger partial charge in [0.2, 0.25) is 5.91 Å². The molecule has 0 saturated heterocycles. The molecule has 0 bridgehead atoms. The number of alkyl halides is 2. The molecule has 1 unspecified atom stereocenters. The number of aromatic nitrogens is 2. The summed E-state index contributed by atoms with van der Waals surface area (Å²) in [6.45, 7) is 2.60. The van der Waals surface area contributed by atoms with Crippen molar-refractivity contribution in [1.29, 1.82) is 0 Å². The van der Waals surface area contributed by atoms with Crippen molar-refractivity contribution in [2.24, 2.45) is 10.9 Å². The second kappa shape index (κ2) is 9.25. The number of fused-ring (bicyclic) bond motifs is 4. The van der Waals surface area contributed by atoms with Crippen molar-refractivity contribution in [1.82, 2.24) is 14.9 Å². The Morgan fingerprint density at radius 3 is 3.00 bits per heavy atom. The number of nitrogens with one attached hydrogen (secondary N) is 1. The van der Waals surface area contributed by atoms with E-state index in [2.05, 4.69) is 20.3 Å². The van der Waals surface area contributed by atoms with Crippen molar-refractivity contribution < 1.29 is 18.3 Å². The first-order valence-electron chi connectivity index (χ1n) is 11.3. The summed E-state index contributed by atoms with van der Waals surface area (Å²) in [5.41, 5.74) is 4.12. The number of aliphatic imine (C=N–C) groups is 1. The second-order valence-corrected chi connectivity index (χ2v) is 9.61. The second-order valence-electron chi connectivity index (χ2n) is 8.53. The normalized spacial score (nSPS) is 16.6. The van der Waals surface area contributed by atoms with Crippen LogP contribution in [-0.2, 0) is 24.2 Å². The molecule has 3 heterocycles. The number of aryl methyl sites for hydroxylation is 1. The number of hydrogen-bond donors (Lipinski definition) is 1. The van der Waals surface area contributed by atoms with Crippen LogP contribution in [0.1, 0.15) is 34.9 Å². The average Bonchev–Trinajstić information content (AvgIpc) is 3.42. The van der Waals surface area contributed by atoms with Crippen molar-refractivity contribution >= 4 is 45.2 Å². The number of hydrogen-bond acceptors (Lipinski definition) is 7. The smallest absolute Gasteiger partial charge is 0.255 e. The van der Waals surface area contributed by atoms with Crippen LogP contribution in [0.15, 0.2) is 23.5 Å². The number of ether oxygens (including phenoxy) is 1. The van der Waals surface area contributed by atoms with E-state index in [0.717, 1.165) is 48.1 Å². The maximum absolute atomic E-state index is 12.7.